The van der Waals surface area contributed by atoms with Crippen LogP contribution in [0.1, 0.15) is 96.8 Å². The molecule has 0 unspecified atom stereocenters. The van der Waals surface area contributed by atoms with Crippen LogP contribution in [0.25, 0.3) is 0 Å². The number of hydrogen-bond donors (Lipinski definition) is 3. The van der Waals surface area contributed by atoms with E-state index >= 15 is 0 Å². The van der Waals surface area contributed by atoms with Crippen LogP contribution in [0.3, 0.4) is 0 Å². The van der Waals surface area contributed by atoms with Crippen LogP contribution in [0.15, 0.2) is 0 Å². The van der Waals surface area contributed by atoms with E-state index in [4.69, 9.17) is 10.2 Å². The molecule has 0 amide bonds. The van der Waals surface area contributed by atoms with Gasteiger partial charge in [0, 0.05) is 6.42 Å². The summed E-state index contributed by atoms with van der Waals surface area (Å²) in [7, 11) is 0. The lowest BCUT2D eigenvalue weighted by Crippen LogP contribution is -1.93. The van der Waals surface area contributed by atoms with Crippen molar-refractivity contribution in [3.05, 3.63) is 0 Å². The molecule has 0 aromatic heterocycles. The van der Waals surface area contributed by atoms with Gasteiger partial charge in [0.2, 0.25) is 0 Å². The van der Waals surface area contributed by atoms with Gasteiger partial charge in [0.15, 0.2) is 0 Å². The Labute approximate surface area is 147 Å². The number of carbonyl (C=O) groups is 2. The summed E-state index contributed by atoms with van der Waals surface area (Å²) in [6.07, 6.45) is 17.3. The molecule has 0 aliphatic heterocycles. The van der Waals surface area contributed by atoms with Crippen LogP contribution in [0.5, 0.6) is 0 Å². The zero-order valence-electron chi connectivity index (χ0n) is 14.8. The number of hydrogen-bond acceptors (Lipinski definition) is 3. The maximum absolute atomic E-state index is 10.3. The first kappa shape index (κ1) is 24.5. The van der Waals surface area contributed by atoms with Crippen molar-refractivity contribution >= 4 is 24.6 Å². The van der Waals surface area contributed by atoms with Crippen LogP contribution < -0.4 is 0 Å². The Morgan fingerprint density at radius 1 is 0.652 bits per heavy atom. The van der Waals surface area contributed by atoms with Crippen molar-refractivity contribution in [2.45, 2.75) is 96.8 Å². The third-order valence-corrected chi connectivity index (χ3v) is 3.90. The van der Waals surface area contributed by atoms with E-state index in [1.807, 2.05) is 0 Å². The van der Waals surface area contributed by atoms with Crippen molar-refractivity contribution in [1.29, 1.82) is 0 Å². The normalized spacial score (nSPS) is 10.0. The van der Waals surface area contributed by atoms with Crippen molar-refractivity contribution < 1.29 is 19.8 Å². The average Bonchev–Trinajstić information content (AvgIpc) is 2.52. The van der Waals surface area contributed by atoms with E-state index in [1.54, 1.807) is 0 Å². The molecular weight excluding hydrogens is 312 g/mol. The van der Waals surface area contributed by atoms with Gasteiger partial charge in [-0.05, 0) is 6.42 Å². The molecule has 138 valence electrons. The van der Waals surface area contributed by atoms with Crippen molar-refractivity contribution in [2.75, 3.05) is 5.75 Å². The first-order valence-electron chi connectivity index (χ1n) is 9.09. The lowest BCUT2D eigenvalue weighted by Gasteiger charge is -2.02. The van der Waals surface area contributed by atoms with E-state index in [0.29, 0.717) is 6.42 Å². The highest BCUT2D eigenvalue weighted by molar-refractivity contribution is 7.81. The highest BCUT2D eigenvalue weighted by Crippen LogP contribution is 2.12. The van der Waals surface area contributed by atoms with Crippen molar-refractivity contribution in [3.63, 3.8) is 0 Å². The topological polar surface area (TPSA) is 74.6 Å². The maximum atomic E-state index is 10.3. The summed E-state index contributed by atoms with van der Waals surface area (Å²) in [4.78, 5) is 19.6. The molecule has 0 spiro atoms. The van der Waals surface area contributed by atoms with Crippen molar-refractivity contribution in [2.24, 2.45) is 0 Å². The van der Waals surface area contributed by atoms with Crippen LogP contribution >= 0.6 is 12.6 Å². The Kier molecular flexibility index (Phi) is 22.7. The summed E-state index contributed by atoms with van der Waals surface area (Å²) >= 11 is 3.42. The minimum atomic E-state index is -0.881. The SMILES string of the molecule is CCCCCCCCCCCCCCCC(=O)O.O=C(O)CS. The molecular formula is C18H36O4S. The number of unbranched alkanes of at least 4 members (excludes halogenated alkanes) is 12. The van der Waals surface area contributed by atoms with Crippen LogP contribution in [0.4, 0.5) is 0 Å². The molecule has 0 saturated heterocycles. The highest BCUT2D eigenvalue weighted by atomic mass is 32.1. The Bertz CT molecular complexity index is 270. The van der Waals surface area contributed by atoms with Crippen LogP contribution in [-0.2, 0) is 9.59 Å². The van der Waals surface area contributed by atoms with E-state index in [9.17, 15) is 9.59 Å². The molecule has 0 aliphatic carbocycles. The summed E-state index contributed by atoms with van der Waals surface area (Å²) in [6.45, 7) is 2.26. The van der Waals surface area contributed by atoms with Crippen LogP contribution in [-0.4, -0.2) is 27.9 Å². The fourth-order valence-corrected chi connectivity index (χ4v) is 2.29. The molecule has 0 saturated carbocycles. The monoisotopic (exact) mass is 348 g/mol. The molecule has 23 heavy (non-hydrogen) atoms. The summed E-state index contributed by atoms with van der Waals surface area (Å²) in [6, 6.07) is 0. The molecule has 0 bridgehead atoms. The van der Waals surface area contributed by atoms with E-state index in [-0.39, 0.29) is 5.75 Å². The van der Waals surface area contributed by atoms with Gasteiger partial charge in [-0.3, -0.25) is 9.59 Å². The minimum Gasteiger partial charge on any atom is -0.481 e. The largest absolute Gasteiger partial charge is 0.481 e. The maximum Gasteiger partial charge on any atom is 0.313 e. The Balaban J connectivity index is 0. The molecule has 0 aromatic carbocycles. The van der Waals surface area contributed by atoms with Gasteiger partial charge in [0.1, 0.15) is 0 Å². The molecule has 0 heterocycles. The smallest absolute Gasteiger partial charge is 0.313 e. The fraction of sp³-hybridized carbons (Fsp3) is 0.889. The lowest BCUT2D eigenvalue weighted by atomic mass is 10.0. The van der Waals surface area contributed by atoms with E-state index in [0.717, 1.165) is 12.8 Å². The van der Waals surface area contributed by atoms with Gasteiger partial charge < -0.3 is 10.2 Å². The Morgan fingerprint density at radius 2 is 0.957 bits per heavy atom. The molecule has 0 atom stereocenters. The lowest BCUT2D eigenvalue weighted by molar-refractivity contribution is -0.137. The Morgan fingerprint density at radius 3 is 1.22 bits per heavy atom. The predicted octanol–water partition coefficient (Wildman–Crippen LogP) is 5.55. The van der Waals surface area contributed by atoms with E-state index in [1.165, 1.54) is 70.6 Å². The van der Waals surface area contributed by atoms with Gasteiger partial charge in [0.05, 0.1) is 5.75 Å². The fourth-order valence-electron chi connectivity index (χ4n) is 2.29. The van der Waals surface area contributed by atoms with Crippen LogP contribution in [0, 0.1) is 0 Å². The second-order valence-corrected chi connectivity index (χ2v) is 6.25. The molecule has 5 heteroatoms. The summed E-state index contributed by atoms with van der Waals surface area (Å²) < 4.78 is 0. The first-order chi connectivity index (χ1) is 11.0. The van der Waals surface area contributed by atoms with Gasteiger partial charge in [-0.2, -0.15) is 12.6 Å². The summed E-state index contributed by atoms with van der Waals surface area (Å²) in [5, 5.41) is 16.1. The zero-order chi connectivity index (χ0) is 17.8. The molecule has 4 nitrogen and oxygen atoms in total. The first-order valence-corrected chi connectivity index (χ1v) is 9.72. The highest BCUT2D eigenvalue weighted by Gasteiger charge is 1.96. The van der Waals surface area contributed by atoms with Crippen molar-refractivity contribution in [1.82, 2.24) is 0 Å². The summed E-state index contributed by atoms with van der Waals surface area (Å²) in [5.41, 5.74) is 0. The van der Waals surface area contributed by atoms with Gasteiger partial charge in [-0.25, -0.2) is 0 Å². The minimum absolute atomic E-state index is 0.0833. The number of carboxylic acids is 2. The second kappa shape index (κ2) is 21.3. The number of aliphatic carboxylic acids is 2. The van der Waals surface area contributed by atoms with Gasteiger partial charge in [-0.1, -0.05) is 84.0 Å². The zero-order valence-corrected chi connectivity index (χ0v) is 15.7. The Hall–Kier alpha value is -0.710. The van der Waals surface area contributed by atoms with Crippen LogP contribution in [0.2, 0.25) is 0 Å². The summed E-state index contributed by atoms with van der Waals surface area (Å²) in [5.74, 6) is -1.62. The van der Waals surface area contributed by atoms with Crippen molar-refractivity contribution in [3.8, 4) is 0 Å². The quantitative estimate of drug-likeness (QED) is 0.268. The molecule has 0 rings (SSSR count). The molecule has 2 N–H and O–H groups in total. The predicted molar refractivity (Wildman–Crippen MR) is 99.4 cm³/mol. The molecule has 0 aromatic rings. The van der Waals surface area contributed by atoms with Gasteiger partial charge in [0.25, 0.3) is 0 Å². The van der Waals surface area contributed by atoms with E-state index in [2.05, 4.69) is 19.6 Å². The second-order valence-electron chi connectivity index (χ2n) is 5.94. The standard InChI is InChI=1S/C16H32O2.C2H4O2S/c1-2-3-4-5-6-7-8-9-10-11-12-13-14-15-16(17)18;3-2(4)1-5/h2-15H2,1H3,(H,17,18);5H,1H2,(H,3,4). The molecule has 0 aliphatic rings. The third kappa shape index (κ3) is 29.9. The van der Waals surface area contributed by atoms with Gasteiger partial charge in [-0.15, -0.1) is 0 Å². The number of thiol groups is 1. The molecule has 0 radical (unpaired) electrons. The third-order valence-electron chi connectivity index (χ3n) is 3.63. The number of rotatable bonds is 15. The van der Waals surface area contributed by atoms with E-state index < -0.39 is 11.9 Å². The number of carboxylic acid groups (broad SMARTS) is 2. The molecule has 0 fully saturated rings. The average molecular weight is 349 g/mol. The van der Waals surface area contributed by atoms with Gasteiger partial charge >= 0.3 is 11.9 Å².